The van der Waals surface area contributed by atoms with Crippen LogP contribution in [0.3, 0.4) is 0 Å². The number of allylic oxidation sites excluding steroid dienone is 1. The standard InChI is InChI=1S/C43H81N2O10P/c1-6-8-10-11-12-13-14-15-16-17-18-19-21-26-40(48)39(34-55-56(52,53)54-31-30-45(3,4)5)44-43(51)27-23-22-25-36(47)32-38-37(41(49)33-42(38)50)29-28-35(46)24-20-9-7-2/h21,26,28-29,35,37-42,46,48-50H,6-20,22-25,27,30-34H2,1-5H3,(H-,44,51,52,53)/p+1/b26-21+,29-28+/t35-,37+,38+,39-,40+,41+,42-/m0/s1. The summed E-state index contributed by atoms with van der Waals surface area (Å²) in [4.78, 5) is 36.1. The summed E-state index contributed by atoms with van der Waals surface area (Å²) in [5.41, 5.74) is 0. The number of quaternary nitrogens is 1. The van der Waals surface area contributed by atoms with E-state index in [1.807, 2.05) is 27.2 Å². The van der Waals surface area contributed by atoms with Gasteiger partial charge in [0.05, 0.1) is 58.2 Å². The molecule has 0 saturated heterocycles. The van der Waals surface area contributed by atoms with E-state index >= 15 is 0 Å². The molecule has 1 unspecified atom stereocenters. The number of ketones is 1. The normalized spacial score (nSPS) is 21.8. The van der Waals surface area contributed by atoms with E-state index in [1.54, 1.807) is 18.2 Å². The lowest BCUT2D eigenvalue weighted by molar-refractivity contribution is -0.870. The van der Waals surface area contributed by atoms with Crippen LogP contribution in [0.4, 0.5) is 0 Å². The van der Waals surface area contributed by atoms with E-state index in [9.17, 15) is 39.5 Å². The summed E-state index contributed by atoms with van der Waals surface area (Å²) in [6.45, 7) is 4.36. The number of likely N-dealkylation sites (N-methyl/N-ethyl adjacent to an activating group) is 1. The molecule has 0 aliphatic heterocycles. The first-order valence-electron chi connectivity index (χ1n) is 21.9. The molecule has 1 saturated carbocycles. The van der Waals surface area contributed by atoms with Gasteiger partial charge in [-0.25, -0.2) is 4.57 Å². The van der Waals surface area contributed by atoms with Crippen LogP contribution in [0.25, 0.3) is 0 Å². The number of aliphatic hydroxyl groups is 4. The third kappa shape index (κ3) is 26.5. The molecule has 0 aromatic carbocycles. The van der Waals surface area contributed by atoms with Crippen molar-refractivity contribution in [3.63, 3.8) is 0 Å². The second-order valence-electron chi connectivity index (χ2n) is 17.0. The molecule has 0 aromatic heterocycles. The summed E-state index contributed by atoms with van der Waals surface area (Å²) in [6.07, 6.45) is 22.9. The summed E-state index contributed by atoms with van der Waals surface area (Å²) in [7, 11) is 1.34. The van der Waals surface area contributed by atoms with E-state index in [2.05, 4.69) is 19.2 Å². The van der Waals surface area contributed by atoms with Crippen LogP contribution in [-0.2, 0) is 23.2 Å². The minimum Gasteiger partial charge on any atom is -0.393 e. The van der Waals surface area contributed by atoms with Crippen LogP contribution in [0.15, 0.2) is 24.3 Å². The van der Waals surface area contributed by atoms with Gasteiger partial charge in [0.25, 0.3) is 0 Å². The second-order valence-corrected chi connectivity index (χ2v) is 18.5. The maximum Gasteiger partial charge on any atom is 0.472 e. The van der Waals surface area contributed by atoms with Gasteiger partial charge in [-0.3, -0.25) is 18.6 Å². The SMILES string of the molecule is CCCCCCCCCCCCC/C=C/[C@@H](O)[C@H](COP(=O)(O)OCC[N+](C)(C)C)NC(=O)CCCCC(=O)C[C@@H]1[C@@H](/C=C/[C@@H](O)CCCCC)[C@H](O)C[C@@H]1O. The maximum atomic E-state index is 13.0. The number of aliphatic hydroxyl groups excluding tert-OH is 4. The molecule has 1 aliphatic rings. The van der Waals surface area contributed by atoms with Gasteiger partial charge >= 0.3 is 7.82 Å². The van der Waals surface area contributed by atoms with Crippen LogP contribution >= 0.6 is 7.82 Å². The molecule has 12 nitrogen and oxygen atoms in total. The van der Waals surface area contributed by atoms with E-state index in [0.717, 1.165) is 38.5 Å². The fourth-order valence-corrected chi connectivity index (χ4v) is 7.77. The number of nitrogens with one attached hydrogen (secondary N) is 1. The van der Waals surface area contributed by atoms with Crippen molar-refractivity contribution in [3.05, 3.63) is 24.3 Å². The zero-order valence-electron chi connectivity index (χ0n) is 35.7. The van der Waals surface area contributed by atoms with Crippen LogP contribution in [0.5, 0.6) is 0 Å². The number of unbranched alkanes of at least 4 members (excludes halogenated alkanes) is 14. The van der Waals surface area contributed by atoms with Crippen molar-refractivity contribution in [1.82, 2.24) is 5.32 Å². The number of Topliss-reactive ketones (excluding diaryl/α,β-unsaturated/α-hetero) is 1. The Kier molecular flexibility index (Phi) is 28.7. The summed E-state index contributed by atoms with van der Waals surface area (Å²) >= 11 is 0. The predicted molar refractivity (Wildman–Crippen MR) is 224 cm³/mol. The van der Waals surface area contributed by atoms with E-state index in [1.165, 1.54) is 57.8 Å². The van der Waals surface area contributed by atoms with Crippen LogP contribution in [0.2, 0.25) is 0 Å². The molecule has 56 heavy (non-hydrogen) atoms. The highest BCUT2D eigenvalue weighted by Crippen LogP contribution is 2.43. The van der Waals surface area contributed by atoms with Crippen LogP contribution in [-0.4, -0.2) is 113 Å². The highest BCUT2D eigenvalue weighted by molar-refractivity contribution is 7.47. The number of hydrogen-bond acceptors (Lipinski definition) is 9. The van der Waals surface area contributed by atoms with Crippen molar-refractivity contribution < 1.29 is 53.0 Å². The summed E-state index contributed by atoms with van der Waals surface area (Å²) < 4.78 is 23.4. The molecule has 1 amide bonds. The van der Waals surface area contributed by atoms with Crippen molar-refractivity contribution >= 4 is 19.5 Å². The summed E-state index contributed by atoms with van der Waals surface area (Å²) in [5.74, 6) is -1.32. The average molecular weight is 818 g/mol. The van der Waals surface area contributed by atoms with Crippen molar-refractivity contribution in [2.75, 3.05) is 40.9 Å². The highest BCUT2D eigenvalue weighted by atomic mass is 31.2. The van der Waals surface area contributed by atoms with E-state index < -0.39 is 56.7 Å². The Morgan fingerprint density at radius 3 is 2.02 bits per heavy atom. The van der Waals surface area contributed by atoms with Gasteiger partial charge < -0.3 is 35.1 Å². The fraction of sp³-hybridized carbons (Fsp3) is 0.860. The van der Waals surface area contributed by atoms with Crippen LogP contribution in [0, 0.1) is 11.8 Å². The number of hydrogen-bond donors (Lipinski definition) is 6. The molecule has 13 heteroatoms. The third-order valence-corrected chi connectivity index (χ3v) is 11.6. The molecule has 0 bridgehead atoms. The first kappa shape index (κ1) is 52.5. The molecular formula is C43H82N2O10P+. The topological polar surface area (TPSA) is 183 Å². The Bertz CT molecular complexity index is 1150. The number of nitrogens with zero attached hydrogens (tertiary/aromatic N) is 1. The molecule has 8 atom stereocenters. The zero-order chi connectivity index (χ0) is 41.8. The molecule has 0 heterocycles. The van der Waals surface area contributed by atoms with Gasteiger partial charge in [-0.15, -0.1) is 0 Å². The molecule has 0 aromatic rings. The van der Waals surface area contributed by atoms with Gasteiger partial charge in [-0.05, 0) is 32.1 Å². The minimum absolute atomic E-state index is 0.00562. The number of rotatable bonds is 35. The van der Waals surface area contributed by atoms with Crippen molar-refractivity contribution in [2.24, 2.45) is 11.8 Å². The lowest BCUT2D eigenvalue weighted by Gasteiger charge is -2.25. The van der Waals surface area contributed by atoms with Gasteiger partial charge in [0.2, 0.25) is 5.91 Å². The van der Waals surface area contributed by atoms with Gasteiger partial charge in [0.15, 0.2) is 0 Å². The number of amides is 1. The Labute approximate surface area is 339 Å². The molecule has 0 radical (unpaired) electrons. The lowest BCUT2D eigenvalue weighted by atomic mass is 9.87. The minimum atomic E-state index is -4.44. The average Bonchev–Trinajstić information content (AvgIpc) is 3.39. The van der Waals surface area contributed by atoms with E-state index in [4.69, 9.17) is 9.05 Å². The maximum absolute atomic E-state index is 13.0. The van der Waals surface area contributed by atoms with Crippen LogP contribution in [0.1, 0.15) is 155 Å². The number of phosphoric ester groups is 1. The Balaban J connectivity index is 2.61. The molecule has 6 N–H and O–H groups in total. The number of phosphoric acid groups is 1. The van der Waals surface area contributed by atoms with Crippen molar-refractivity contribution in [3.8, 4) is 0 Å². The first-order valence-corrected chi connectivity index (χ1v) is 23.4. The summed E-state index contributed by atoms with van der Waals surface area (Å²) in [6, 6.07) is -0.995. The van der Waals surface area contributed by atoms with Crippen molar-refractivity contribution in [2.45, 2.75) is 186 Å². The van der Waals surface area contributed by atoms with Crippen LogP contribution < -0.4 is 5.32 Å². The van der Waals surface area contributed by atoms with Gasteiger partial charge in [0, 0.05) is 37.5 Å². The Morgan fingerprint density at radius 1 is 0.804 bits per heavy atom. The van der Waals surface area contributed by atoms with Gasteiger partial charge in [-0.2, -0.15) is 0 Å². The monoisotopic (exact) mass is 818 g/mol. The van der Waals surface area contributed by atoms with Gasteiger partial charge in [-0.1, -0.05) is 122 Å². The molecule has 1 rings (SSSR count). The largest absolute Gasteiger partial charge is 0.472 e. The van der Waals surface area contributed by atoms with E-state index in [0.29, 0.717) is 30.3 Å². The van der Waals surface area contributed by atoms with Crippen molar-refractivity contribution in [1.29, 1.82) is 0 Å². The quantitative estimate of drug-likeness (QED) is 0.0164. The second kappa shape index (κ2) is 30.6. The molecule has 1 fully saturated rings. The molecule has 328 valence electrons. The summed E-state index contributed by atoms with van der Waals surface area (Å²) in [5, 5.41) is 45.1. The number of carbonyl (C=O) groups is 2. The van der Waals surface area contributed by atoms with Gasteiger partial charge in [0.1, 0.15) is 18.9 Å². The fourth-order valence-electron chi connectivity index (χ4n) is 7.04. The molecule has 0 spiro atoms. The Morgan fingerprint density at radius 2 is 1.39 bits per heavy atom. The first-order chi connectivity index (χ1) is 26.6. The predicted octanol–water partition coefficient (Wildman–Crippen LogP) is 7.30. The smallest absolute Gasteiger partial charge is 0.393 e. The Hall–Kier alpha value is -1.47. The zero-order valence-corrected chi connectivity index (χ0v) is 36.6. The molecular weight excluding hydrogens is 735 g/mol. The molecule has 1 aliphatic carbocycles. The lowest BCUT2D eigenvalue weighted by Crippen LogP contribution is -2.45. The highest BCUT2D eigenvalue weighted by Gasteiger charge is 2.41. The third-order valence-electron chi connectivity index (χ3n) is 10.6. The van der Waals surface area contributed by atoms with E-state index in [-0.39, 0.29) is 44.0 Å². The number of carbonyl (C=O) groups excluding carboxylic acids is 2.